The first kappa shape index (κ1) is 14.2. The molecule has 0 aromatic rings. The fourth-order valence-corrected chi connectivity index (χ4v) is 3.79. The molecule has 0 radical (unpaired) electrons. The van der Waals surface area contributed by atoms with Crippen LogP contribution in [0.2, 0.25) is 0 Å². The van der Waals surface area contributed by atoms with Crippen molar-refractivity contribution in [3.8, 4) is 0 Å². The van der Waals surface area contributed by atoms with Crippen LogP contribution < -0.4 is 11.1 Å². The van der Waals surface area contributed by atoms with Gasteiger partial charge in [0.1, 0.15) is 0 Å². The Hall–Kier alpha value is -0.260. The molecule has 5 heteroatoms. The molecule has 2 aliphatic rings. The molecule has 0 spiro atoms. The third-order valence-corrected chi connectivity index (χ3v) is 5.80. The van der Waals surface area contributed by atoms with Gasteiger partial charge < -0.3 is 11.1 Å². The van der Waals surface area contributed by atoms with Gasteiger partial charge in [-0.3, -0.25) is 9.69 Å². The first-order chi connectivity index (χ1) is 8.63. The molecule has 0 aromatic heterocycles. The van der Waals surface area contributed by atoms with Crippen LogP contribution in [0.15, 0.2) is 0 Å². The summed E-state index contributed by atoms with van der Waals surface area (Å²) in [7, 11) is 0. The van der Waals surface area contributed by atoms with E-state index in [1.807, 2.05) is 11.8 Å². The van der Waals surface area contributed by atoms with Crippen LogP contribution in [0.1, 0.15) is 32.1 Å². The lowest BCUT2D eigenvalue weighted by Gasteiger charge is -2.42. The van der Waals surface area contributed by atoms with Crippen LogP contribution in [-0.4, -0.2) is 54.0 Å². The van der Waals surface area contributed by atoms with Crippen molar-refractivity contribution in [1.29, 1.82) is 0 Å². The molecule has 0 atom stereocenters. The Labute approximate surface area is 114 Å². The predicted molar refractivity (Wildman–Crippen MR) is 76.8 cm³/mol. The minimum Gasteiger partial charge on any atom is -0.369 e. The van der Waals surface area contributed by atoms with Gasteiger partial charge in [0, 0.05) is 30.4 Å². The summed E-state index contributed by atoms with van der Waals surface area (Å²) in [4.78, 5) is 13.0. The molecular weight excluding hydrogens is 246 g/mol. The first-order valence-electron chi connectivity index (χ1n) is 6.93. The van der Waals surface area contributed by atoms with Crippen LogP contribution in [0.5, 0.6) is 0 Å². The molecule has 4 nitrogen and oxygen atoms in total. The molecular formula is C13H25N3OS. The van der Waals surface area contributed by atoms with Gasteiger partial charge in [-0.1, -0.05) is 6.42 Å². The number of likely N-dealkylation sites (tertiary alicyclic amines) is 1. The summed E-state index contributed by atoms with van der Waals surface area (Å²) in [5, 5.41) is 3.73. The highest BCUT2D eigenvalue weighted by atomic mass is 32.2. The largest absolute Gasteiger partial charge is 0.369 e. The minimum absolute atomic E-state index is 0.211. The number of primary amides is 1. The molecule has 1 saturated heterocycles. The van der Waals surface area contributed by atoms with Gasteiger partial charge in [-0.15, -0.1) is 0 Å². The summed E-state index contributed by atoms with van der Waals surface area (Å²) in [5.41, 5.74) is 5.22. The lowest BCUT2D eigenvalue weighted by atomic mass is 9.84. The van der Waals surface area contributed by atoms with E-state index in [0.717, 1.165) is 32.5 Å². The van der Waals surface area contributed by atoms with E-state index in [9.17, 15) is 4.79 Å². The molecule has 1 aliphatic carbocycles. The number of nitrogens with zero attached hydrogens (tertiary/aromatic N) is 1. The van der Waals surface area contributed by atoms with Gasteiger partial charge in [-0.05, 0) is 31.9 Å². The normalized spacial score (nSPS) is 24.7. The van der Waals surface area contributed by atoms with E-state index in [-0.39, 0.29) is 5.91 Å². The molecule has 3 N–H and O–H groups in total. The second kappa shape index (κ2) is 6.26. The third-order valence-electron chi connectivity index (χ3n) is 4.38. The molecule has 2 rings (SSSR count). The number of nitrogens with two attached hydrogens (primary N) is 1. The van der Waals surface area contributed by atoms with E-state index in [4.69, 9.17) is 5.73 Å². The van der Waals surface area contributed by atoms with E-state index in [2.05, 4.69) is 16.5 Å². The Morgan fingerprint density at radius 1 is 1.44 bits per heavy atom. The van der Waals surface area contributed by atoms with Gasteiger partial charge in [0.05, 0.1) is 6.54 Å². The summed E-state index contributed by atoms with van der Waals surface area (Å²) >= 11 is 2.02. The van der Waals surface area contributed by atoms with Gasteiger partial charge in [0.25, 0.3) is 0 Å². The van der Waals surface area contributed by atoms with Crippen molar-refractivity contribution in [1.82, 2.24) is 10.2 Å². The summed E-state index contributed by atoms with van der Waals surface area (Å²) in [6.45, 7) is 3.55. The van der Waals surface area contributed by atoms with Crippen LogP contribution in [0.3, 0.4) is 0 Å². The Morgan fingerprint density at radius 2 is 2.11 bits per heavy atom. The number of carbonyl (C=O) groups is 1. The average molecular weight is 271 g/mol. The molecule has 0 unspecified atom stereocenters. The average Bonchev–Trinajstić information content (AvgIpc) is 2.30. The summed E-state index contributed by atoms with van der Waals surface area (Å²) in [6.07, 6.45) is 8.62. The molecule has 1 saturated carbocycles. The zero-order valence-electron chi connectivity index (χ0n) is 11.3. The highest BCUT2D eigenvalue weighted by molar-refractivity contribution is 8.00. The molecule has 104 valence electrons. The standard InChI is InChI=1S/C13H25N3OS/c1-18-13(5-2-6-13)10-15-11-3-7-16(8-4-11)9-12(14)17/h11,15H,2-10H2,1H3,(H2,14,17). The fourth-order valence-electron chi connectivity index (χ4n) is 2.87. The smallest absolute Gasteiger partial charge is 0.231 e. The minimum atomic E-state index is -0.211. The number of rotatable bonds is 6. The SMILES string of the molecule is CSC1(CNC2CCN(CC(N)=O)CC2)CCC1. The lowest BCUT2D eigenvalue weighted by Crippen LogP contribution is -2.50. The topological polar surface area (TPSA) is 58.4 Å². The number of nitrogens with one attached hydrogen (secondary N) is 1. The maximum atomic E-state index is 10.9. The van der Waals surface area contributed by atoms with E-state index >= 15 is 0 Å². The number of hydrogen-bond acceptors (Lipinski definition) is 4. The van der Waals surface area contributed by atoms with E-state index in [0.29, 0.717) is 17.3 Å². The highest BCUT2D eigenvalue weighted by Crippen LogP contribution is 2.42. The monoisotopic (exact) mass is 271 g/mol. The van der Waals surface area contributed by atoms with Crippen molar-refractivity contribution >= 4 is 17.7 Å². The molecule has 0 aromatic carbocycles. The van der Waals surface area contributed by atoms with E-state index in [1.165, 1.54) is 19.3 Å². The Morgan fingerprint density at radius 3 is 2.56 bits per heavy atom. The summed E-state index contributed by atoms with van der Waals surface area (Å²) in [5.74, 6) is -0.211. The van der Waals surface area contributed by atoms with Gasteiger partial charge in [0.2, 0.25) is 5.91 Å². The number of piperidine rings is 1. The Bertz CT molecular complexity index is 280. The maximum absolute atomic E-state index is 10.9. The lowest BCUT2D eigenvalue weighted by molar-refractivity contribution is -0.119. The number of carbonyl (C=O) groups excluding carboxylic acids is 1. The van der Waals surface area contributed by atoms with Crippen LogP contribution >= 0.6 is 11.8 Å². The van der Waals surface area contributed by atoms with Crippen molar-refractivity contribution in [3.05, 3.63) is 0 Å². The van der Waals surface area contributed by atoms with Crippen LogP contribution in [0.4, 0.5) is 0 Å². The van der Waals surface area contributed by atoms with Gasteiger partial charge in [0.15, 0.2) is 0 Å². The predicted octanol–water partition coefficient (Wildman–Crippen LogP) is 0.811. The quantitative estimate of drug-likeness (QED) is 0.751. The zero-order valence-corrected chi connectivity index (χ0v) is 12.1. The van der Waals surface area contributed by atoms with Crippen molar-refractivity contribution in [2.45, 2.75) is 42.9 Å². The number of hydrogen-bond donors (Lipinski definition) is 2. The fraction of sp³-hybridized carbons (Fsp3) is 0.923. The van der Waals surface area contributed by atoms with Gasteiger partial charge in [-0.2, -0.15) is 11.8 Å². The van der Waals surface area contributed by atoms with Crippen LogP contribution in [0, 0.1) is 0 Å². The van der Waals surface area contributed by atoms with Crippen molar-refractivity contribution in [2.24, 2.45) is 5.73 Å². The Balaban J connectivity index is 1.66. The summed E-state index contributed by atoms with van der Waals surface area (Å²) in [6, 6.07) is 0.624. The molecule has 0 bridgehead atoms. The molecule has 18 heavy (non-hydrogen) atoms. The summed E-state index contributed by atoms with van der Waals surface area (Å²) < 4.78 is 0.518. The highest BCUT2D eigenvalue weighted by Gasteiger charge is 2.36. The third kappa shape index (κ3) is 3.62. The number of thioether (sulfide) groups is 1. The van der Waals surface area contributed by atoms with Crippen molar-refractivity contribution in [3.63, 3.8) is 0 Å². The first-order valence-corrected chi connectivity index (χ1v) is 8.15. The molecule has 1 amide bonds. The maximum Gasteiger partial charge on any atom is 0.231 e. The second-order valence-electron chi connectivity index (χ2n) is 5.64. The second-order valence-corrected chi connectivity index (χ2v) is 6.91. The van der Waals surface area contributed by atoms with Crippen LogP contribution in [-0.2, 0) is 4.79 Å². The van der Waals surface area contributed by atoms with E-state index in [1.54, 1.807) is 0 Å². The van der Waals surface area contributed by atoms with Crippen molar-refractivity contribution in [2.75, 3.05) is 32.4 Å². The van der Waals surface area contributed by atoms with Crippen LogP contribution in [0.25, 0.3) is 0 Å². The molecule has 1 heterocycles. The Kier molecular flexibility index (Phi) is 4.92. The van der Waals surface area contributed by atoms with Gasteiger partial charge in [-0.25, -0.2) is 0 Å². The number of amides is 1. The molecule has 2 fully saturated rings. The van der Waals surface area contributed by atoms with Crippen molar-refractivity contribution < 1.29 is 4.79 Å². The zero-order chi connectivity index (χ0) is 13.0. The molecule has 1 aliphatic heterocycles. The van der Waals surface area contributed by atoms with Gasteiger partial charge >= 0.3 is 0 Å². The van der Waals surface area contributed by atoms with E-state index < -0.39 is 0 Å².